The molecule has 0 aliphatic carbocycles. The largest absolute Gasteiger partial charge is 0.288 e. The van der Waals surface area contributed by atoms with Crippen molar-refractivity contribution in [1.82, 2.24) is 15.2 Å². The minimum Gasteiger partial charge on any atom is -0.288 e. The van der Waals surface area contributed by atoms with Crippen LogP contribution in [0.2, 0.25) is 0 Å². The van der Waals surface area contributed by atoms with Gasteiger partial charge in [-0.15, -0.1) is 0 Å². The Labute approximate surface area is 99.7 Å². The maximum absolute atomic E-state index is 12.3. The molecule has 0 aliphatic heterocycles. The molecule has 0 saturated carbocycles. The summed E-state index contributed by atoms with van der Waals surface area (Å²) < 4.78 is 0. The van der Waals surface area contributed by atoms with Crippen LogP contribution in [0, 0.1) is 20.8 Å². The molecule has 0 aromatic carbocycles. The van der Waals surface area contributed by atoms with Gasteiger partial charge in [-0.1, -0.05) is 0 Å². The molecular formula is C13H13N3O. The molecule has 0 amide bonds. The molecule has 0 N–H and O–H groups in total. The lowest BCUT2D eigenvalue weighted by molar-refractivity contribution is 0.103. The molecule has 17 heavy (non-hydrogen) atoms. The summed E-state index contributed by atoms with van der Waals surface area (Å²) in [5.74, 6) is -0.0586. The van der Waals surface area contributed by atoms with Crippen LogP contribution in [0.15, 0.2) is 24.5 Å². The van der Waals surface area contributed by atoms with E-state index in [0.717, 1.165) is 11.3 Å². The molecular weight excluding hydrogens is 214 g/mol. The van der Waals surface area contributed by atoms with Crippen LogP contribution in [0.3, 0.4) is 0 Å². The SMILES string of the molecule is Cc1cncc(C(=O)c2cc(C)nnc2C)c1. The summed E-state index contributed by atoms with van der Waals surface area (Å²) in [6.07, 6.45) is 3.30. The van der Waals surface area contributed by atoms with Gasteiger partial charge in [0.2, 0.25) is 0 Å². The third-order valence-corrected chi connectivity index (χ3v) is 2.48. The number of hydrogen-bond acceptors (Lipinski definition) is 4. The van der Waals surface area contributed by atoms with Crippen LogP contribution in [0.4, 0.5) is 0 Å². The Kier molecular flexibility index (Phi) is 2.95. The number of rotatable bonds is 2. The van der Waals surface area contributed by atoms with Crippen LogP contribution in [-0.2, 0) is 0 Å². The lowest BCUT2D eigenvalue weighted by Crippen LogP contribution is -2.07. The molecule has 2 aromatic rings. The van der Waals surface area contributed by atoms with Gasteiger partial charge in [-0.25, -0.2) is 0 Å². The van der Waals surface area contributed by atoms with Crippen LogP contribution in [0.25, 0.3) is 0 Å². The van der Waals surface area contributed by atoms with Crippen molar-refractivity contribution in [3.8, 4) is 0 Å². The molecule has 0 saturated heterocycles. The molecule has 2 rings (SSSR count). The fourth-order valence-electron chi connectivity index (χ4n) is 1.61. The predicted molar refractivity (Wildman–Crippen MR) is 63.9 cm³/mol. The van der Waals surface area contributed by atoms with E-state index in [9.17, 15) is 4.79 Å². The standard InChI is InChI=1S/C13H13N3O/c1-8-4-11(7-14-6-8)13(17)12-5-9(2)15-16-10(12)3/h4-7H,1-3H3. The fourth-order valence-corrected chi connectivity index (χ4v) is 1.61. The van der Waals surface area contributed by atoms with Gasteiger partial charge >= 0.3 is 0 Å². The zero-order valence-corrected chi connectivity index (χ0v) is 10.1. The highest BCUT2D eigenvalue weighted by atomic mass is 16.1. The van der Waals surface area contributed by atoms with Gasteiger partial charge in [0, 0.05) is 23.5 Å². The minimum atomic E-state index is -0.0586. The molecule has 2 aromatic heterocycles. The number of carbonyl (C=O) groups excluding carboxylic acids is 1. The lowest BCUT2D eigenvalue weighted by Gasteiger charge is -2.04. The lowest BCUT2D eigenvalue weighted by atomic mass is 10.0. The average molecular weight is 227 g/mol. The van der Waals surface area contributed by atoms with Gasteiger partial charge in [0.05, 0.1) is 11.4 Å². The Morgan fingerprint density at radius 2 is 1.82 bits per heavy atom. The topological polar surface area (TPSA) is 55.7 Å². The second-order valence-electron chi connectivity index (χ2n) is 4.06. The zero-order valence-electron chi connectivity index (χ0n) is 10.1. The number of hydrogen-bond donors (Lipinski definition) is 0. The Hall–Kier alpha value is -2.10. The van der Waals surface area contributed by atoms with Crippen molar-refractivity contribution >= 4 is 5.78 Å². The van der Waals surface area contributed by atoms with Crippen molar-refractivity contribution in [2.75, 3.05) is 0 Å². The van der Waals surface area contributed by atoms with Gasteiger partial charge in [-0.2, -0.15) is 10.2 Å². The Balaban J connectivity index is 2.47. The van der Waals surface area contributed by atoms with Gasteiger partial charge in [0.25, 0.3) is 0 Å². The maximum Gasteiger partial charge on any atom is 0.196 e. The molecule has 0 radical (unpaired) electrons. The molecule has 0 bridgehead atoms. The first-order valence-corrected chi connectivity index (χ1v) is 5.35. The Morgan fingerprint density at radius 1 is 1.06 bits per heavy atom. The molecule has 0 spiro atoms. The predicted octanol–water partition coefficient (Wildman–Crippen LogP) is 2.03. The summed E-state index contributed by atoms with van der Waals surface area (Å²) in [5, 5.41) is 7.87. The second kappa shape index (κ2) is 4.41. The van der Waals surface area contributed by atoms with Gasteiger partial charge in [-0.3, -0.25) is 9.78 Å². The molecule has 2 heterocycles. The van der Waals surface area contributed by atoms with E-state index in [1.165, 1.54) is 0 Å². The van der Waals surface area contributed by atoms with Gasteiger partial charge < -0.3 is 0 Å². The van der Waals surface area contributed by atoms with Gasteiger partial charge in [0.15, 0.2) is 5.78 Å². The number of ketones is 1. The van der Waals surface area contributed by atoms with Crippen molar-refractivity contribution in [2.45, 2.75) is 20.8 Å². The van der Waals surface area contributed by atoms with E-state index in [4.69, 9.17) is 0 Å². The van der Waals surface area contributed by atoms with Gasteiger partial charge in [-0.05, 0) is 38.5 Å². The van der Waals surface area contributed by atoms with Gasteiger partial charge in [0.1, 0.15) is 0 Å². The summed E-state index contributed by atoms with van der Waals surface area (Å²) >= 11 is 0. The first-order valence-electron chi connectivity index (χ1n) is 5.35. The summed E-state index contributed by atoms with van der Waals surface area (Å²) in [5.41, 5.74) is 3.51. The quantitative estimate of drug-likeness (QED) is 0.736. The summed E-state index contributed by atoms with van der Waals surface area (Å²) in [7, 11) is 0. The molecule has 86 valence electrons. The monoisotopic (exact) mass is 227 g/mol. The third-order valence-electron chi connectivity index (χ3n) is 2.48. The molecule has 0 unspecified atom stereocenters. The number of nitrogens with zero attached hydrogens (tertiary/aromatic N) is 3. The molecule has 4 heteroatoms. The fraction of sp³-hybridized carbons (Fsp3) is 0.231. The van der Waals surface area contributed by atoms with Crippen molar-refractivity contribution in [2.24, 2.45) is 0 Å². The maximum atomic E-state index is 12.3. The first kappa shape index (κ1) is 11.4. The van der Waals surface area contributed by atoms with E-state index < -0.39 is 0 Å². The highest BCUT2D eigenvalue weighted by Crippen LogP contribution is 2.13. The van der Waals surface area contributed by atoms with Crippen LogP contribution < -0.4 is 0 Å². The summed E-state index contributed by atoms with van der Waals surface area (Å²) in [4.78, 5) is 16.3. The van der Waals surface area contributed by atoms with Crippen molar-refractivity contribution < 1.29 is 4.79 Å². The van der Waals surface area contributed by atoms with E-state index >= 15 is 0 Å². The van der Waals surface area contributed by atoms with Crippen LogP contribution in [0.1, 0.15) is 32.9 Å². The van der Waals surface area contributed by atoms with E-state index in [2.05, 4.69) is 15.2 Å². The van der Waals surface area contributed by atoms with Crippen molar-refractivity contribution in [3.05, 3.63) is 52.6 Å². The number of aromatic nitrogens is 3. The summed E-state index contributed by atoms with van der Waals surface area (Å²) in [6.45, 7) is 5.51. The molecule has 0 atom stereocenters. The Bertz CT molecular complexity index is 579. The summed E-state index contributed by atoms with van der Waals surface area (Å²) in [6, 6.07) is 3.58. The molecule has 0 aliphatic rings. The van der Waals surface area contributed by atoms with Crippen LogP contribution in [-0.4, -0.2) is 21.0 Å². The van der Waals surface area contributed by atoms with Crippen molar-refractivity contribution in [1.29, 1.82) is 0 Å². The normalized spacial score (nSPS) is 10.3. The van der Waals surface area contributed by atoms with Crippen LogP contribution in [0.5, 0.6) is 0 Å². The molecule has 0 fully saturated rings. The number of aryl methyl sites for hydroxylation is 3. The van der Waals surface area contributed by atoms with E-state index in [-0.39, 0.29) is 5.78 Å². The van der Waals surface area contributed by atoms with E-state index in [1.54, 1.807) is 25.4 Å². The second-order valence-corrected chi connectivity index (χ2v) is 4.06. The third kappa shape index (κ3) is 2.36. The van der Waals surface area contributed by atoms with Crippen molar-refractivity contribution in [3.63, 3.8) is 0 Å². The Morgan fingerprint density at radius 3 is 2.53 bits per heavy atom. The first-order chi connectivity index (χ1) is 8.08. The van der Waals surface area contributed by atoms with Crippen LogP contribution >= 0.6 is 0 Å². The highest BCUT2D eigenvalue weighted by Gasteiger charge is 2.13. The van der Waals surface area contributed by atoms with E-state index in [1.807, 2.05) is 19.9 Å². The highest BCUT2D eigenvalue weighted by molar-refractivity contribution is 6.09. The smallest absolute Gasteiger partial charge is 0.196 e. The number of pyridine rings is 1. The average Bonchev–Trinajstić information content (AvgIpc) is 2.31. The molecule has 4 nitrogen and oxygen atoms in total. The number of carbonyl (C=O) groups is 1. The van der Waals surface area contributed by atoms with E-state index in [0.29, 0.717) is 16.8 Å². The zero-order chi connectivity index (χ0) is 12.4. The minimum absolute atomic E-state index is 0.0586.